The molecule has 16 aromatic carbocycles. The molecule has 0 amide bonds. The fourth-order valence-corrected chi connectivity index (χ4v) is 21.8. The maximum atomic E-state index is 5.27. The van der Waals surface area contributed by atoms with E-state index in [4.69, 9.17) is 19.9 Å². The highest BCUT2D eigenvalue weighted by molar-refractivity contribution is 6.37. The monoisotopic (exact) mass is 1780 g/mol. The maximum Gasteiger partial charge on any atom is 0.137 e. The normalized spacial score (nSPS) is 11.7. The number of rotatable bonds is 16. The minimum atomic E-state index is 0.825. The zero-order valence-corrected chi connectivity index (χ0v) is 75.6. The molecule has 0 saturated heterocycles. The van der Waals surface area contributed by atoms with Gasteiger partial charge in [0.1, 0.15) is 11.6 Å². The Morgan fingerprint density at radius 3 is 0.636 bits per heavy atom. The molecule has 12 heteroatoms. The highest BCUT2D eigenvalue weighted by atomic mass is 15.1. The molecule has 0 radical (unpaired) electrons. The zero-order chi connectivity index (χ0) is 92.2. The van der Waals surface area contributed by atoms with E-state index in [1.165, 1.54) is 86.9 Å². The van der Waals surface area contributed by atoms with E-state index in [9.17, 15) is 0 Å². The van der Waals surface area contributed by atoms with Gasteiger partial charge in [-0.1, -0.05) is 315 Å². The predicted octanol–water partition coefficient (Wildman–Crippen LogP) is 32.1. The smallest absolute Gasteiger partial charge is 0.137 e. The van der Waals surface area contributed by atoms with E-state index < -0.39 is 0 Å². The van der Waals surface area contributed by atoms with Crippen LogP contribution in [0.1, 0.15) is 0 Å². The van der Waals surface area contributed by atoms with Crippen LogP contribution < -0.4 is 0 Å². The van der Waals surface area contributed by atoms with E-state index in [-0.39, 0.29) is 0 Å². The second-order valence-electron chi connectivity index (χ2n) is 35.6. The molecule has 28 rings (SSSR count). The molecular weight excluding hydrogens is 1710 g/mol. The molecule has 28 aromatic rings. The van der Waals surface area contributed by atoms with Crippen LogP contribution in [0.25, 0.3) is 266 Å². The lowest BCUT2D eigenvalue weighted by molar-refractivity contribution is 1.05. The van der Waals surface area contributed by atoms with Crippen molar-refractivity contribution >= 4 is 108 Å². The third-order valence-electron chi connectivity index (χ3n) is 27.7. The summed E-state index contributed by atoms with van der Waals surface area (Å²) in [6.45, 7) is 0. The lowest BCUT2D eigenvalue weighted by Gasteiger charge is -2.17. The van der Waals surface area contributed by atoms with Crippen LogP contribution in [0.2, 0.25) is 0 Å². The minimum absolute atomic E-state index is 0.825. The Balaban J connectivity index is 0.000000141. The fourth-order valence-electron chi connectivity index (χ4n) is 21.8. The molecular formula is C128H80N12. The van der Waals surface area contributed by atoms with Crippen molar-refractivity contribution in [2.24, 2.45) is 0 Å². The van der Waals surface area contributed by atoms with Gasteiger partial charge in [-0.3, -0.25) is 39.0 Å². The Bertz CT molecular complexity index is 8420. The lowest BCUT2D eigenvalue weighted by atomic mass is 9.89. The van der Waals surface area contributed by atoms with E-state index in [0.29, 0.717) is 0 Å². The molecule has 140 heavy (non-hydrogen) atoms. The summed E-state index contributed by atoms with van der Waals surface area (Å²) < 4.78 is 9.69. The van der Waals surface area contributed by atoms with Gasteiger partial charge in [0, 0.05) is 114 Å². The van der Waals surface area contributed by atoms with Gasteiger partial charge in [0.15, 0.2) is 0 Å². The van der Waals surface area contributed by atoms with Gasteiger partial charge in [-0.25, -0.2) is 9.97 Å². The van der Waals surface area contributed by atoms with Gasteiger partial charge >= 0.3 is 0 Å². The maximum absolute atomic E-state index is 5.27. The summed E-state index contributed by atoms with van der Waals surface area (Å²) in [5, 5.41) is 18.9. The summed E-state index contributed by atoms with van der Waals surface area (Å²) in [4.78, 5) is 39.2. The Hall–Kier alpha value is -19.0. The molecule has 0 aliphatic rings. The molecule has 0 unspecified atom stereocenters. The standard InChI is InChI=1S/2C64H40N6/c1-5-17-41(18-6-1)59-51-37-45-27-32-50-58-46(28-31-49(57(45)58)63(51)69(61(59)43-21-9-3-10-22-43)47-29-33-55(67-39-47)53-25-13-15-35-65-53)38-52-60(42-19-7-2-8-20-42)62(44-23-11-4-12-24-44)70(64(50)52)48-30-34-56(68-40-48)54-26-14-16-36-66-54;1-5-17-41(18-6-1)59-51-37-45-27-32-50-58-46(28-31-49(57(45)58)63(51)69(61(59)43-21-9-3-10-22-43)55-33-29-47(39-67-55)53-25-13-15-35-65-53)38-52-60(42-19-7-2-8-20-42)62(44-23-11-4-12-24-44)70(64(50)52)56-34-30-48(40-68-56)54-26-14-16-36-66-54/h2*1-40H. The number of aromatic nitrogens is 12. The summed E-state index contributed by atoms with van der Waals surface area (Å²) in [6, 6.07) is 156. The molecule has 0 spiro atoms. The SMILES string of the molecule is c1ccc(-c2c(-c3ccccc3)n(-c3ccc(-c4ccccn4)cn3)c3c2cc2ccc4c5c(ccc3c25)cc2c(-c3ccccc3)c(-c3ccccc3)n(-c3ccc(-c5ccccn5)cn3)c24)cc1.c1ccc(-c2c(-c3ccccc3)n(-c3ccc(-c4ccccn4)nc3)c3c2cc2ccc4c5c(ccc3c25)cc2c(-c3ccccc3)c(-c3ccccc3)n(-c3ccc(-c5ccccn5)nc3)c24)cc1. The molecule has 0 saturated carbocycles. The first kappa shape index (κ1) is 80.6. The van der Waals surface area contributed by atoms with Crippen molar-refractivity contribution < 1.29 is 0 Å². The number of hydrogen-bond donors (Lipinski definition) is 0. The molecule has 0 aliphatic carbocycles. The van der Waals surface area contributed by atoms with Crippen LogP contribution in [-0.4, -0.2) is 58.1 Å². The first-order chi connectivity index (χ1) is 69.5. The number of nitrogens with zero attached hydrogens (tertiary/aromatic N) is 12. The quantitative estimate of drug-likeness (QED) is 0.0877. The van der Waals surface area contributed by atoms with Gasteiger partial charge in [-0.15, -0.1) is 0 Å². The summed E-state index contributed by atoms with van der Waals surface area (Å²) in [6.07, 6.45) is 15.2. The van der Waals surface area contributed by atoms with E-state index in [1.807, 2.05) is 122 Å². The molecule has 0 atom stereocenters. The number of pyridine rings is 8. The summed E-state index contributed by atoms with van der Waals surface area (Å²) in [5.41, 5.74) is 31.6. The third kappa shape index (κ3) is 13.3. The van der Waals surface area contributed by atoms with Crippen LogP contribution in [0.3, 0.4) is 0 Å². The second kappa shape index (κ2) is 33.5. The summed E-state index contributed by atoms with van der Waals surface area (Å²) in [5.74, 6) is 1.66. The number of hydrogen-bond acceptors (Lipinski definition) is 8. The average Bonchev–Trinajstić information content (AvgIpc) is 1.52. The van der Waals surface area contributed by atoms with Gasteiger partial charge in [-0.05, 0) is 209 Å². The Kier molecular flexibility index (Phi) is 19.3. The molecule has 0 bridgehead atoms. The van der Waals surface area contributed by atoms with E-state index in [0.717, 1.165) is 179 Å². The number of benzene rings is 16. The van der Waals surface area contributed by atoms with Crippen molar-refractivity contribution in [1.82, 2.24) is 58.1 Å². The van der Waals surface area contributed by atoms with Gasteiger partial charge in [0.25, 0.3) is 0 Å². The van der Waals surface area contributed by atoms with Gasteiger partial charge in [0.05, 0.1) is 103 Å². The van der Waals surface area contributed by atoms with Crippen LogP contribution >= 0.6 is 0 Å². The van der Waals surface area contributed by atoms with Gasteiger partial charge in [0.2, 0.25) is 0 Å². The van der Waals surface area contributed by atoms with Gasteiger partial charge in [-0.2, -0.15) is 0 Å². The average molecular weight is 1790 g/mol. The van der Waals surface area contributed by atoms with E-state index in [2.05, 4.69) is 402 Å². The Morgan fingerprint density at radius 2 is 0.393 bits per heavy atom. The molecule has 652 valence electrons. The molecule has 12 nitrogen and oxygen atoms in total. The van der Waals surface area contributed by atoms with Crippen molar-refractivity contribution in [3.8, 4) is 158 Å². The van der Waals surface area contributed by atoms with Crippen LogP contribution in [0.4, 0.5) is 0 Å². The largest absolute Gasteiger partial charge is 0.306 e. The lowest BCUT2D eigenvalue weighted by Crippen LogP contribution is -2.02. The number of fused-ring (bicyclic) bond motifs is 8. The molecule has 0 aliphatic heterocycles. The Morgan fingerprint density at radius 1 is 0.150 bits per heavy atom. The first-order valence-corrected chi connectivity index (χ1v) is 47.2. The van der Waals surface area contributed by atoms with Crippen LogP contribution in [-0.2, 0) is 0 Å². The molecule has 0 fully saturated rings. The van der Waals surface area contributed by atoms with Crippen molar-refractivity contribution in [3.05, 3.63) is 486 Å². The highest BCUT2D eigenvalue weighted by Gasteiger charge is 2.33. The van der Waals surface area contributed by atoms with E-state index in [1.54, 1.807) is 0 Å². The molecule has 12 aromatic heterocycles. The summed E-state index contributed by atoms with van der Waals surface area (Å²) in [7, 11) is 0. The summed E-state index contributed by atoms with van der Waals surface area (Å²) >= 11 is 0. The van der Waals surface area contributed by atoms with Crippen molar-refractivity contribution in [3.63, 3.8) is 0 Å². The van der Waals surface area contributed by atoms with Crippen LogP contribution in [0.5, 0.6) is 0 Å². The topological polar surface area (TPSA) is 123 Å². The minimum Gasteiger partial charge on any atom is -0.306 e. The highest BCUT2D eigenvalue weighted by Crippen LogP contribution is 2.56. The van der Waals surface area contributed by atoms with Crippen molar-refractivity contribution in [2.45, 2.75) is 0 Å². The van der Waals surface area contributed by atoms with Crippen LogP contribution in [0.15, 0.2) is 486 Å². The zero-order valence-electron chi connectivity index (χ0n) is 75.6. The molecule has 12 heterocycles. The Labute approximate surface area is 805 Å². The third-order valence-corrected chi connectivity index (χ3v) is 27.7. The van der Waals surface area contributed by atoms with Crippen LogP contribution in [0, 0.1) is 0 Å². The molecule has 0 N–H and O–H groups in total. The van der Waals surface area contributed by atoms with Gasteiger partial charge < -0.3 is 9.13 Å². The van der Waals surface area contributed by atoms with Crippen molar-refractivity contribution in [1.29, 1.82) is 0 Å². The van der Waals surface area contributed by atoms with Crippen molar-refractivity contribution in [2.75, 3.05) is 0 Å². The second-order valence-corrected chi connectivity index (χ2v) is 35.6. The fraction of sp³-hybridized carbons (Fsp3) is 0. The van der Waals surface area contributed by atoms with E-state index >= 15 is 0 Å². The predicted molar refractivity (Wildman–Crippen MR) is 575 cm³/mol. The first-order valence-electron chi connectivity index (χ1n) is 47.2.